The van der Waals surface area contributed by atoms with Crippen molar-refractivity contribution in [3.63, 3.8) is 0 Å². The molecule has 7 heteroatoms. The van der Waals surface area contributed by atoms with Gasteiger partial charge in [0.05, 0.1) is 26.4 Å². The van der Waals surface area contributed by atoms with Crippen LogP contribution >= 0.6 is 0 Å². The summed E-state index contributed by atoms with van der Waals surface area (Å²) in [6.45, 7) is 5.06. The van der Waals surface area contributed by atoms with E-state index >= 15 is 0 Å². The first-order chi connectivity index (χ1) is 9.46. The summed E-state index contributed by atoms with van der Waals surface area (Å²) in [4.78, 5) is 24.7. The third-order valence-corrected chi connectivity index (χ3v) is 3.42. The van der Waals surface area contributed by atoms with Gasteiger partial charge >= 0.3 is 12.1 Å². The van der Waals surface area contributed by atoms with Crippen molar-refractivity contribution in [1.29, 1.82) is 0 Å². The minimum absolute atomic E-state index is 0.000308. The van der Waals surface area contributed by atoms with E-state index in [4.69, 9.17) is 4.74 Å². The number of amides is 1. The Balaban J connectivity index is 2.60. The topological polar surface area (TPSA) is 88.1 Å². The van der Waals surface area contributed by atoms with Crippen LogP contribution in [0.4, 0.5) is 4.79 Å². The number of carbonyl (C=O) groups excluding carboxylic acids is 2. The largest absolute Gasteiger partial charge is 0.468 e. The highest BCUT2D eigenvalue weighted by atomic mass is 16.5. The van der Waals surface area contributed by atoms with Gasteiger partial charge in [0.1, 0.15) is 0 Å². The summed E-state index contributed by atoms with van der Waals surface area (Å²) in [5.41, 5.74) is 0. The molecular formula is C13H24N2O5. The van der Waals surface area contributed by atoms with Gasteiger partial charge in [-0.25, -0.2) is 4.79 Å². The van der Waals surface area contributed by atoms with Crippen LogP contribution in [0, 0.1) is 5.92 Å². The lowest BCUT2D eigenvalue weighted by Crippen LogP contribution is -2.53. The highest BCUT2D eigenvalue weighted by Gasteiger charge is 2.31. The molecule has 7 nitrogen and oxygen atoms in total. The number of methoxy groups -OCH3 is 1. The molecule has 2 N–H and O–H groups in total. The van der Waals surface area contributed by atoms with Crippen molar-refractivity contribution < 1.29 is 24.2 Å². The number of piperidine rings is 1. The molecule has 1 rings (SSSR count). The number of hydrogen-bond donors (Lipinski definition) is 2. The molecule has 0 spiro atoms. The van der Waals surface area contributed by atoms with E-state index < -0.39 is 12.2 Å². The van der Waals surface area contributed by atoms with Crippen molar-refractivity contribution in [2.45, 2.75) is 32.4 Å². The van der Waals surface area contributed by atoms with Gasteiger partial charge in [0.15, 0.2) is 0 Å². The van der Waals surface area contributed by atoms with E-state index in [1.54, 1.807) is 13.8 Å². The van der Waals surface area contributed by atoms with Crippen LogP contribution in [0.1, 0.15) is 20.3 Å². The molecule has 0 radical (unpaired) electrons. The second-order valence-corrected chi connectivity index (χ2v) is 5.07. The molecule has 1 aliphatic heterocycles. The maximum absolute atomic E-state index is 11.5. The van der Waals surface area contributed by atoms with E-state index in [0.717, 1.165) is 0 Å². The minimum Gasteiger partial charge on any atom is -0.468 e. The van der Waals surface area contributed by atoms with Crippen molar-refractivity contribution in [3.8, 4) is 0 Å². The number of hydrogen-bond acceptors (Lipinski definition) is 6. The molecule has 1 fully saturated rings. The molecule has 116 valence electrons. The van der Waals surface area contributed by atoms with E-state index in [-0.39, 0.29) is 24.5 Å². The Labute approximate surface area is 119 Å². The number of likely N-dealkylation sites (tertiary alicyclic amines) is 1. The fourth-order valence-corrected chi connectivity index (χ4v) is 2.40. The van der Waals surface area contributed by atoms with Gasteiger partial charge in [0.2, 0.25) is 0 Å². The van der Waals surface area contributed by atoms with Crippen LogP contribution in [0.25, 0.3) is 0 Å². The smallest absolute Gasteiger partial charge is 0.407 e. The van der Waals surface area contributed by atoms with Gasteiger partial charge in [-0.15, -0.1) is 0 Å². The first-order valence-electron chi connectivity index (χ1n) is 6.86. The SMILES string of the molecule is CCOC(=O)NC1CC(C(C)O)CN(CC(=O)OC)C1. The van der Waals surface area contributed by atoms with Crippen molar-refractivity contribution in [2.75, 3.05) is 33.4 Å². The molecule has 3 atom stereocenters. The summed E-state index contributed by atoms with van der Waals surface area (Å²) in [5.74, 6) is -0.327. The highest BCUT2D eigenvalue weighted by Crippen LogP contribution is 2.20. The first-order valence-corrected chi connectivity index (χ1v) is 6.86. The summed E-state index contributed by atoms with van der Waals surface area (Å²) in [6, 6.07) is -0.146. The maximum Gasteiger partial charge on any atom is 0.407 e. The fourth-order valence-electron chi connectivity index (χ4n) is 2.40. The third kappa shape index (κ3) is 5.34. The van der Waals surface area contributed by atoms with Gasteiger partial charge in [-0.1, -0.05) is 0 Å². The van der Waals surface area contributed by atoms with E-state index in [9.17, 15) is 14.7 Å². The van der Waals surface area contributed by atoms with E-state index in [1.165, 1.54) is 7.11 Å². The fraction of sp³-hybridized carbons (Fsp3) is 0.846. The Morgan fingerprint density at radius 2 is 2.15 bits per heavy atom. The Morgan fingerprint density at radius 1 is 1.45 bits per heavy atom. The lowest BCUT2D eigenvalue weighted by molar-refractivity contribution is -0.142. The van der Waals surface area contributed by atoms with Gasteiger partial charge < -0.3 is 19.9 Å². The summed E-state index contributed by atoms with van der Waals surface area (Å²) >= 11 is 0. The summed E-state index contributed by atoms with van der Waals surface area (Å²) < 4.78 is 9.50. The van der Waals surface area contributed by atoms with Gasteiger partial charge in [0, 0.05) is 19.1 Å². The second kappa shape index (κ2) is 8.06. The zero-order valence-corrected chi connectivity index (χ0v) is 12.3. The number of alkyl carbamates (subject to hydrolysis) is 1. The number of ether oxygens (including phenoxy) is 2. The quantitative estimate of drug-likeness (QED) is 0.691. The third-order valence-electron chi connectivity index (χ3n) is 3.42. The zero-order chi connectivity index (χ0) is 15.1. The highest BCUT2D eigenvalue weighted by molar-refractivity contribution is 5.71. The Bertz CT molecular complexity index is 335. The summed E-state index contributed by atoms with van der Waals surface area (Å²) in [7, 11) is 1.34. The number of aliphatic hydroxyl groups is 1. The minimum atomic E-state index is -0.498. The van der Waals surface area contributed by atoms with Crippen LogP contribution in [-0.2, 0) is 14.3 Å². The van der Waals surface area contributed by atoms with E-state index in [2.05, 4.69) is 10.1 Å². The van der Waals surface area contributed by atoms with Crippen LogP contribution in [0.5, 0.6) is 0 Å². The molecule has 1 aliphatic rings. The molecule has 0 aromatic carbocycles. The van der Waals surface area contributed by atoms with Crippen LogP contribution in [-0.4, -0.2) is 67.6 Å². The van der Waals surface area contributed by atoms with Gasteiger partial charge in [-0.3, -0.25) is 9.69 Å². The maximum atomic E-state index is 11.5. The molecule has 1 heterocycles. The van der Waals surface area contributed by atoms with Crippen LogP contribution < -0.4 is 5.32 Å². The second-order valence-electron chi connectivity index (χ2n) is 5.07. The predicted molar refractivity (Wildman–Crippen MR) is 72.2 cm³/mol. The molecule has 3 unspecified atom stereocenters. The molecule has 1 amide bonds. The number of nitrogens with zero attached hydrogens (tertiary/aromatic N) is 1. The average Bonchev–Trinajstić information content (AvgIpc) is 2.38. The Hall–Kier alpha value is -1.34. The molecule has 0 aromatic rings. The van der Waals surface area contributed by atoms with Crippen molar-refractivity contribution >= 4 is 12.1 Å². The number of nitrogens with one attached hydrogen (secondary N) is 1. The lowest BCUT2D eigenvalue weighted by Gasteiger charge is -2.38. The molecule has 0 bridgehead atoms. The Kier molecular flexibility index (Phi) is 6.74. The van der Waals surface area contributed by atoms with Gasteiger partial charge in [0.25, 0.3) is 0 Å². The predicted octanol–water partition coefficient (Wildman–Crippen LogP) is -0.0232. The Morgan fingerprint density at radius 3 is 2.70 bits per heavy atom. The lowest BCUT2D eigenvalue weighted by atomic mass is 9.90. The molecule has 1 saturated heterocycles. The van der Waals surface area contributed by atoms with Crippen molar-refractivity contribution in [2.24, 2.45) is 5.92 Å². The molecule has 0 aromatic heterocycles. The van der Waals surface area contributed by atoms with Crippen LogP contribution in [0.2, 0.25) is 0 Å². The number of esters is 1. The summed E-state index contributed by atoms with van der Waals surface area (Å²) in [5, 5.41) is 12.5. The standard InChI is InChI=1S/C13H24N2O5/c1-4-20-13(18)14-11-5-10(9(2)16)6-15(7-11)8-12(17)19-3/h9-11,16H,4-8H2,1-3H3,(H,14,18). The molecule has 20 heavy (non-hydrogen) atoms. The molecule has 0 aliphatic carbocycles. The van der Waals surface area contributed by atoms with Crippen molar-refractivity contribution in [1.82, 2.24) is 10.2 Å². The normalized spacial score (nSPS) is 24.8. The first kappa shape index (κ1) is 16.7. The number of rotatable bonds is 5. The van der Waals surface area contributed by atoms with Gasteiger partial charge in [-0.2, -0.15) is 0 Å². The average molecular weight is 288 g/mol. The van der Waals surface area contributed by atoms with Crippen LogP contribution in [0.15, 0.2) is 0 Å². The number of carbonyl (C=O) groups is 2. The molecular weight excluding hydrogens is 264 g/mol. The summed E-state index contributed by atoms with van der Waals surface area (Å²) in [6.07, 6.45) is -0.308. The van der Waals surface area contributed by atoms with E-state index in [1.807, 2.05) is 4.90 Å². The zero-order valence-electron chi connectivity index (χ0n) is 12.3. The molecule has 0 saturated carbocycles. The van der Waals surface area contributed by atoms with Crippen LogP contribution in [0.3, 0.4) is 0 Å². The number of aliphatic hydroxyl groups excluding tert-OH is 1. The van der Waals surface area contributed by atoms with Gasteiger partial charge in [-0.05, 0) is 26.2 Å². The monoisotopic (exact) mass is 288 g/mol. The van der Waals surface area contributed by atoms with E-state index in [0.29, 0.717) is 26.1 Å². The van der Waals surface area contributed by atoms with Crippen molar-refractivity contribution in [3.05, 3.63) is 0 Å².